The van der Waals surface area contributed by atoms with Crippen LogP contribution in [0, 0.1) is 5.92 Å². The van der Waals surface area contributed by atoms with Crippen molar-refractivity contribution in [1.29, 1.82) is 0 Å². The van der Waals surface area contributed by atoms with Crippen LogP contribution in [-0.2, 0) is 11.3 Å². The van der Waals surface area contributed by atoms with E-state index in [1.807, 2.05) is 6.92 Å². The number of nitrogen functional groups attached to an aromatic ring is 1. The zero-order valence-corrected chi connectivity index (χ0v) is 15.0. The van der Waals surface area contributed by atoms with E-state index in [4.69, 9.17) is 15.2 Å². The maximum atomic E-state index is 12.3. The highest BCUT2D eigenvalue weighted by Gasteiger charge is 2.18. The number of nitrogens with zero attached hydrogens (tertiary/aromatic N) is 3. The highest BCUT2D eigenvalue weighted by atomic mass is 16.5. The molecule has 2 aromatic heterocycles. The van der Waals surface area contributed by atoms with Crippen molar-refractivity contribution >= 4 is 17.0 Å². The Morgan fingerprint density at radius 1 is 1.48 bits per heavy atom. The molecule has 1 fully saturated rings. The van der Waals surface area contributed by atoms with E-state index >= 15 is 0 Å². The Hall–Kier alpha value is -2.09. The number of aromatic amines is 1. The fraction of sp³-hybridized carbons (Fsp3) is 0.706. The lowest BCUT2D eigenvalue weighted by atomic mass is 10.0. The van der Waals surface area contributed by atoms with Crippen molar-refractivity contribution in [3.8, 4) is 6.01 Å². The third-order valence-corrected chi connectivity index (χ3v) is 4.65. The minimum Gasteiger partial charge on any atom is -0.460 e. The van der Waals surface area contributed by atoms with E-state index in [2.05, 4.69) is 21.9 Å². The third-order valence-electron chi connectivity index (χ3n) is 4.65. The summed E-state index contributed by atoms with van der Waals surface area (Å²) >= 11 is 0. The van der Waals surface area contributed by atoms with Gasteiger partial charge in [-0.15, -0.1) is 0 Å². The summed E-state index contributed by atoms with van der Waals surface area (Å²) in [6.07, 6.45) is 4.96. The Morgan fingerprint density at radius 2 is 2.32 bits per heavy atom. The minimum atomic E-state index is -0.211. The van der Waals surface area contributed by atoms with Gasteiger partial charge in [-0.2, -0.15) is 9.97 Å². The van der Waals surface area contributed by atoms with E-state index < -0.39 is 0 Å². The summed E-state index contributed by atoms with van der Waals surface area (Å²) in [5.74, 6) is 0.832. The summed E-state index contributed by atoms with van der Waals surface area (Å²) in [7, 11) is 0. The van der Waals surface area contributed by atoms with Crippen molar-refractivity contribution in [1.82, 2.24) is 19.5 Å². The lowest BCUT2D eigenvalue weighted by molar-refractivity contribution is 0.183. The predicted molar refractivity (Wildman–Crippen MR) is 95.7 cm³/mol. The molecule has 25 heavy (non-hydrogen) atoms. The Kier molecular flexibility index (Phi) is 5.57. The van der Waals surface area contributed by atoms with Crippen LogP contribution in [0.4, 0.5) is 5.82 Å². The molecule has 0 bridgehead atoms. The largest absolute Gasteiger partial charge is 0.460 e. The maximum Gasteiger partial charge on any atom is 0.327 e. The van der Waals surface area contributed by atoms with Crippen LogP contribution in [0.25, 0.3) is 11.2 Å². The summed E-state index contributed by atoms with van der Waals surface area (Å²) in [5.41, 5.74) is 6.76. The van der Waals surface area contributed by atoms with Gasteiger partial charge in [0.15, 0.2) is 11.5 Å². The van der Waals surface area contributed by atoms with Gasteiger partial charge in [-0.25, -0.2) is 4.79 Å². The number of hydrogen-bond acceptors (Lipinski definition) is 6. The molecule has 2 atom stereocenters. The van der Waals surface area contributed by atoms with Crippen LogP contribution in [0.3, 0.4) is 0 Å². The Morgan fingerprint density at radius 3 is 3.04 bits per heavy atom. The number of hydrogen-bond donors (Lipinski definition) is 2. The highest BCUT2D eigenvalue weighted by molar-refractivity contribution is 5.81. The van der Waals surface area contributed by atoms with E-state index in [0.29, 0.717) is 23.6 Å². The second-order valence-electron chi connectivity index (χ2n) is 6.76. The van der Waals surface area contributed by atoms with E-state index in [1.54, 1.807) is 4.57 Å². The normalized spacial score (nSPS) is 18.7. The number of anilines is 1. The minimum absolute atomic E-state index is 0.00308. The first-order valence-electron chi connectivity index (χ1n) is 9.09. The molecule has 8 nitrogen and oxygen atoms in total. The number of rotatable bonds is 8. The second-order valence-corrected chi connectivity index (χ2v) is 6.76. The van der Waals surface area contributed by atoms with Gasteiger partial charge >= 0.3 is 11.7 Å². The first kappa shape index (κ1) is 17.7. The smallest absolute Gasteiger partial charge is 0.327 e. The Bertz CT molecular complexity index is 763. The van der Waals surface area contributed by atoms with Crippen LogP contribution in [0.2, 0.25) is 0 Å². The van der Waals surface area contributed by atoms with Crippen LogP contribution in [0.1, 0.15) is 46.0 Å². The molecule has 0 amide bonds. The molecule has 0 spiro atoms. The number of ether oxygens (including phenoxy) is 2. The number of H-pyrrole nitrogens is 1. The molecule has 1 saturated heterocycles. The first-order valence-corrected chi connectivity index (χ1v) is 9.09. The molecule has 0 aromatic carbocycles. The highest BCUT2D eigenvalue weighted by Crippen LogP contribution is 2.21. The van der Waals surface area contributed by atoms with E-state index in [-0.39, 0.29) is 23.6 Å². The number of aromatic nitrogens is 4. The van der Waals surface area contributed by atoms with Crippen molar-refractivity contribution < 1.29 is 9.47 Å². The van der Waals surface area contributed by atoms with Crippen LogP contribution < -0.4 is 16.2 Å². The summed E-state index contributed by atoms with van der Waals surface area (Å²) in [4.78, 5) is 23.6. The molecule has 3 heterocycles. The molecule has 1 unspecified atom stereocenters. The molecule has 2 aromatic rings. The van der Waals surface area contributed by atoms with Gasteiger partial charge < -0.3 is 20.2 Å². The Labute approximate surface area is 146 Å². The van der Waals surface area contributed by atoms with Crippen molar-refractivity contribution in [2.24, 2.45) is 5.92 Å². The van der Waals surface area contributed by atoms with E-state index in [1.165, 1.54) is 0 Å². The first-order chi connectivity index (χ1) is 12.1. The molecular weight excluding hydrogens is 322 g/mol. The van der Waals surface area contributed by atoms with Crippen molar-refractivity contribution in [3.05, 3.63) is 10.5 Å². The zero-order valence-electron chi connectivity index (χ0n) is 15.0. The third kappa shape index (κ3) is 4.12. The number of nitrogens with two attached hydrogens (primary N) is 1. The van der Waals surface area contributed by atoms with Crippen LogP contribution in [-0.4, -0.2) is 38.8 Å². The van der Waals surface area contributed by atoms with Gasteiger partial charge in [0.2, 0.25) is 0 Å². The van der Waals surface area contributed by atoms with Crippen molar-refractivity contribution in [3.63, 3.8) is 0 Å². The van der Waals surface area contributed by atoms with Gasteiger partial charge in [-0.05, 0) is 38.5 Å². The number of aryl methyl sites for hydroxylation is 1. The SMILES string of the molecule is CCC[C@@H](C)Oc1nc(N)c2[nH]c(=O)n(CCCC3CCOC3)c2n1. The van der Waals surface area contributed by atoms with E-state index in [9.17, 15) is 4.79 Å². The molecule has 8 heteroatoms. The molecule has 3 rings (SSSR count). The summed E-state index contributed by atoms with van der Waals surface area (Å²) in [6, 6.07) is 0.225. The van der Waals surface area contributed by atoms with Crippen LogP contribution in [0.15, 0.2) is 4.79 Å². The lowest BCUT2D eigenvalue weighted by Crippen LogP contribution is -2.18. The lowest BCUT2D eigenvalue weighted by Gasteiger charge is -2.12. The molecular formula is C17H27N5O3. The average molecular weight is 349 g/mol. The predicted octanol–water partition coefficient (Wildman–Crippen LogP) is 2.09. The summed E-state index contributed by atoms with van der Waals surface area (Å²) in [6.45, 7) is 6.33. The quantitative estimate of drug-likeness (QED) is 0.755. The van der Waals surface area contributed by atoms with Gasteiger partial charge in [0.05, 0.1) is 6.10 Å². The molecule has 3 N–H and O–H groups in total. The number of nitrogens with one attached hydrogen (secondary N) is 1. The van der Waals surface area contributed by atoms with Crippen LogP contribution in [0.5, 0.6) is 6.01 Å². The maximum absolute atomic E-state index is 12.3. The fourth-order valence-electron chi connectivity index (χ4n) is 3.29. The fourth-order valence-corrected chi connectivity index (χ4v) is 3.29. The monoisotopic (exact) mass is 349 g/mol. The standard InChI is InChI=1S/C17H27N5O3/c1-3-5-11(2)25-16-20-14(18)13-15(21-16)22(17(23)19-13)8-4-6-12-7-9-24-10-12/h11-12H,3-10H2,1-2H3,(H,19,23)(H2,18,20,21)/t11-,12?/m1/s1. The van der Waals surface area contributed by atoms with Gasteiger partial charge in [-0.1, -0.05) is 13.3 Å². The molecule has 0 radical (unpaired) electrons. The Balaban J connectivity index is 1.78. The zero-order chi connectivity index (χ0) is 17.8. The number of imidazole rings is 1. The number of fused-ring (bicyclic) bond motifs is 1. The molecule has 1 aliphatic heterocycles. The molecule has 0 aliphatic carbocycles. The molecule has 0 saturated carbocycles. The average Bonchev–Trinajstić information content (AvgIpc) is 3.17. The van der Waals surface area contributed by atoms with Gasteiger partial charge in [0.25, 0.3) is 0 Å². The molecule has 138 valence electrons. The van der Waals surface area contributed by atoms with Gasteiger partial charge in [0.1, 0.15) is 5.52 Å². The van der Waals surface area contributed by atoms with Crippen LogP contribution >= 0.6 is 0 Å². The topological polar surface area (TPSA) is 108 Å². The van der Waals surface area contributed by atoms with Gasteiger partial charge in [-0.3, -0.25) is 4.57 Å². The molecule has 1 aliphatic rings. The second kappa shape index (κ2) is 7.86. The van der Waals surface area contributed by atoms with Crippen molar-refractivity contribution in [2.75, 3.05) is 18.9 Å². The van der Waals surface area contributed by atoms with Gasteiger partial charge in [0, 0.05) is 19.8 Å². The van der Waals surface area contributed by atoms with E-state index in [0.717, 1.165) is 45.3 Å². The summed E-state index contributed by atoms with van der Waals surface area (Å²) in [5, 5.41) is 0. The summed E-state index contributed by atoms with van der Waals surface area (Å²) < 4.78 is 12.8. The van der Waals surface area contributed by atoms with Crippen molar-refractivity contribution in [2.45, 2.75) is 58.6 Å².